The Hall–Kier alpha value is -1.89. The Labute approximate surface area is 116 Å². The summed E-state index contributed by atoms with van der Waals surface area (Å²) in [5, 5.41) is 29.2. The maximum atomic E-state index is 10.9. The fraction of sp³-hybridized carbons (Fsp3) is 0.615. The van der Waals surface area contributed by atoms with E-state index in [1.165, 1.54) is 5.01 Å². The van der Waals surface area contributed by atoms with E-state index in [-0.39, 0.29) is 12.5 Å². The van der Waals surface area contributed by atoms with Gasteiger partial charge < -0.3 is 10.2 Å². The van der Waals surface area contributed by atoms with Gasteiger partial charge in [-0.05, 0) is 18.9 Å². The second-order valence-electron chi connectivity index (χ2n) is 5.66. The van der Waals surface area contributed by atoms with Crippen molar-refractivity contribution in [2.24, 2.45) is 11.0 Å². The number of rotatable bonds is 4. The average molecular weight is 278 g/mol. The van der Waals surface area contributed by atoms with Crippen molar-refractivity contribution < 1.29 is 15.0 Å². The van der Waals surface area contributed by atoms with E-state index >= 15 is 0 Å². The summed E-state index contributed by atoms with van der Waals surface area (Å²) in [5.41, 5.74) is 1.57. The van der Waals surface area contributed by atoms with Crippen LogP contribution in [0.3, 0.4) is 0 Å². The Bertz CT molecular complexity index is 574. The molecule has 1 aliphatic heterocycles. The Morgan fingerprint density at radius 2 is 2.20 bits per heavy atom. The van der Waals surface area contributed by atoms with E-state index in [2.05, 4.69) is 10.2 Å². The normalized spacial score (nSPS) is 21.9. The molecule has 1 aromatic rings. The number of hydrazone groups is 1. The maximum Gasteiger partial charge on any atom is 0.325 e. The summed E-state index contributed by atoms with van der Waals surface area (Å²) in [5.74, 6) is 0.205. The molecule has 0 spiro atoms. The topological polar surface area (TPSA) is 91.0 Å². The molecule has 1 atom stereocenters. The van der Waals surface area contributed by atoms with Crippen molar-refractivity contribution in [1.29, 1.82) is 0 Å². The second kappa shape index (κ2) is 4.59. The zero-order chi connectivity index (χ0) is 14.4. The van der Waals surface area contributed by atoms with E-state index < -0.39 is 12.2 Å². The molecule has 1 aromatic heterocycles. The molecule has 3 rings (SSSR count). The number of aliphatic carboxylic acids is 1. The smallest absolute Gasteiger partial charge is 0.325 e. The number of carboxylic acid groups (broad SMARTS) is 1. The van der Waals surface area contributed by atoms with Crippen LogP contribution < -0.4 is 0 Å². The van der Waals surface area contributed by atoms with Gasteiger partial charge in [0.25, 0.3) is 0 Å². The van der Waals surface area contributed by atoms with E-state index in [0.29, 0.717) is 17.4 Å². The van der Waals surface area contributed by atoms with Crippen LogP contribution in [0.15, 0.2) is 11.2 Å². The molecule has 2 aliphatic rings. The van der Waals surface area contributed by atoms with Crippen LogP contribution >= 0.6 is 0 Å². The van der Waals surface area contributed by atoms with E-state index in [0.717, 1.165) is 18.5 Å². The Balaban J connectivity index is 2.01. The summed E-state index contributed by atoms with van der Waals surface area (Å²) in [4.78, 5) is 10.9. The third-order valence-electron chi connectivity index (χ3n) is 3.56. The minimum absolute atomic E-state index is 0.0875. The van der Waals surface area contributed by atoms with Gasteiger partial charge in [-0.3, -0.25) is 9.80 Å². The van der Waals surface area contributed by atoms with Crippen molar-refractivity contribution in [1.82, 2.24) is 14.8 Å². The summed E-state index contributed by atoms with van der Waals surface area (Å²) in [6, 6.07) is 1.87. The van der Waals surface area contributed by atoms with E-state index in [1.807, 2.05) is 19.9 Å². The quantitative estimate of drug-likeness (QED) is 0.856. The molecule has 0 bridgehead atoms. The molecule has 1 aliphatic carbocycles. The molecular weight excluding hydrogens is 260 g/mol. The highest BCUT2D eigenvalue weighted by atomic mass is 16.4. The summed E-state index contributed by atoms with van der Waals surface area (Å²) in [6.45, 7) is 3.61. The molecule has 1 saturated carbocycles. The Morgan fingerprint density at radius 3 is 2.75 bits per heavy atom. The minimum atomic E-state index is -1.06. The fourth-order valence-corrected chi connectivity index (χ4v) is 2.36. The van der Waals surface area contributed by atoms with Crippen molar-refractivity contribution >= 4 is 11.8 Å². The molecule has 0 radical (unpaired) electrons. The number of carbonyl (C=O) groups is 1. The minimum Gasteiger partial charge on any atom is -0.480 e. The van der Waals surface area contributed by atoms with Crippen molar-refractivity contribution in [3.63, 3.8) is 0 Å². The molecule has 2 N–H and O–H groups in total. The first kappa shape index (κ1) is 13.1. The van der Waals surface area contributed by atoms with Crippen molar-refractivity contribution in [3.05, 3.63) is 17.5 Å². The summed E-state index contributed by atoms with van der Waals surface area (Å²) in [7, 11) is 0. The molecule has 1 unspecified atom stereocenters. The molecule has 2 heterocycles. The number of aliphatic hydroxyl groups is 1. The molecular formula is C13H18N4O3. The summed E-state index contributed by atoms with van der Waals surface area (Å²) < 4.78 is 1.67. The van der Waals surface area contributed by atoms with Crippen LogP contribution in [0.25, 0.3) is 0 Å². The predicted octanol–water partition coefficient (Wildman–Crippen LogP) is 0.969. The highest BCUT2D eigenvalue weighted by Crippen LogP contribution is 2.40. The highest BCUT2D eigenvalue weighted by molar-refractivity contribution is 5.87. The largest absolute Gasteiger partial charge is 0.480 e. The second-order valence-corrected chi connectivity index (χ2v) is 5.66. The van der Waals surface area contributed by atoms with Gasteiger partial charge in [-0.1, -0.05) is 13.8 Å². The summed E-state index contributed by atoms with van der Waals surface area (Å²) >= 11 is 0. The number of aromatic nitrogens is 2. The monoisotopic (exact) mass is 278 g/mol. The van der Waals surface area contributed by atoms with Crippen LogP contribution in [0, 0.1) is 5.92 Å². The number of aliphatic hydroxyl groups excluding tert-OH is 1. The van der Waals surface area contributed by atoms with Gasteiger partial charge in [0, 0.05) is 11.8 Å². The fourth-order valence-electron chi connectivity index (χ4n) is 2.36. The first-order valence-corrected chi connectivity index (χ1v) is 6.82. The molecule has 20 heavy (non-hydrogen) atoms. The van der Waals surface area contributed by atoms with Gasteiger partial charge in [-0.15, -0.1) is 0 Å². The number of hydrogen-bond acceptors (Lipinski definition) is 5. The molecule has 7 nitrogen and oxygen atoms in total. The predicted molar refractivity (Wildman–Crippen MR) is 71.2 cm³/mol. The Kier molecular flexibility index (Phi) is 3.01. The SMILES string of the molecule is CC(C)C1=NN(CC(=O)O)C(O)c2cc(C3CC3)nn21. The lowest BCUT2D eigenvalue weighted by molar-refractivity contribution is -0.142. The maximum absolute atomic E-state index is 10.9. The van der Waals surface area contributed by atoms with Gasteiger partial charge in [0.2, 0.25) is 0 Å². The summed E-state index contributed by atoms with van der Waals surface area (Å²) in [6.07, 6.45) is 1.19. The van der Waals surface area contributed by atoms with Crippen molar-refractivity contribution in [3.8, 4) is 0 Å². The van der Waals surface area contributed by atoms with Gasteiger partial charge in [0.1, 0.15) is 6.54 Å². The molecule has 108 valence electrons. The molecule has 0 aromatic carbocycles. The van der Waals surface area contributed by atoms with Gasteiger partial charge in [0.05, 0.1) is 11.4 Å². The van der Waals surface area contributed by atoms with Gasteiger partial charge in [-0.2, -0.15) is 10.2 Å². The lowest BCUT2D eigenvalue weighted by Gasteiger charge is -2.30. The number of carboxylic acids is 1. The average Bonchev–Trinajstić information content (AvgIpc) is 3.11. The first-order chi connectivity index (χ1) is 9.47. The van der Waals surface area contributed by atoms with Crippen LogP contribution in [-0.2, 0) is 4.79 Å². The van der Waals surface area contributed by atoms with E-state index in [9.17, 15) is 9.90 Å². The van der Waals surface area contributed by atoms with Gasteiger partial charge in [0.15, 0.2) is 12.1 Å². The van der Waals surface area contributed by atoms with Crippen LogP contribution in [0.2, 0.25) is 0 Å². The lowest BCUT2D eigenvalue weighted by atomic mass is 10.2. The van der Waals surface area contributed by atoms with Crippen LogP contribution in [0.4, 0.5) is 0 Å². The van der Waals surface area contributed by atoms with Gasteiger partial charge >= 0.3 is 5.97 Å². The van der Waals surface area contributed by atoms with Crippen molar-refractivity contribution in [2.75, 3.05) is 6.54 Å². The van der Waals surface area contributed by atoms with Crippen LogP contribution in [0.5, 0.6) is 0 Å². The third kappa shape index (κ3) is 2.18. The standard InChI is InChI=1S/C13H18N4O3/c1-7(2)12-15-16(6-11(18)19)13(20)10-5-9(8-3-4-8)14-17(10)12/h5,7-8,13,20H,3-4,6H2,1-2H3,(H,18,19). The Morgan fingerprint density at radius 1 is 1.50 bits per heavy atom. The highest BCUT2D eigenvalue weighted by Gasteiger charge is 2.34. The molecule has 0 amide bonds. The molecule has 1 fully saturated rings. The number of nitrogens with zero attached hydrogens (tertiary/aromatic N) is 4. The third-order valence-corrected chi connectivity index (χ3v) is 3.56. The van der Waals surface area contributed by atoms with Crippen LogP contribution in [0.1, 0.15) is 50.2 Å². The molecule has 0 saturated heterocycles. The lowest BCUT2D eigenvalue weighted by Crippen LogP contribution is -2.39. The first-order valence-electron chi connectivity index (χ1n) is 6.82. The zero-order valence-electron chi connectivity index (χ0n) is 11.5. The van der Waals surface area contributed by atoms with E-state index in [1.54, 1.807) is 4.68 Å². The van der Waals surface area contributed by atoms with E-state index in [4.69, 9.17) is 5.11 Å². The number of hydrogen-bond donors (Lipinski definition) is 2. The van der Waals surface area contributed by atoms with Gasteiger partial charge in [-0.25, -0.2) is 4.68 Å². The van der Waals surface area contributed by atoms with Crippen LogP contribution in [-0.4, -0.2) is 43.4 Å². The zero-order valence-corrected chi connectivity index (χ0v) is 11.5. The number of fused-ring (bicyclic) bond motifs is 1. The van der Waals surface area contributed by atoms with Crippen molar-refractivity contribution in [2.45, 2.75) is 38.8 Å². The molecule has 7 heteroatoms.